The summed E-state index contributed by atoms with van der Waals surface area (Å²) in [4.78, 5) is 50.5. The van der Waals surface area contributed by atoms with Gasteiger partial charge in [0.05, 0.1) is 20.3 Å². The standard InChI is InChI=1S/C26H25ClN4O7/c1-15(32)31-14-22(33)30(2)19-11-10-17(27)12-18(19)26(31,16-8-6-5-7-9-16)23(24(34)35)38-25-28-20(36-3)13-21(29-25)37-4/h5-13,23H,14H2,1-4H3,(H,34,35)/t23?,26-/m0/s1. The highest BCUT2D eigenvalue weighted by Crippen LogP contribution is 2.47. The molecule has 2 heterocycles. The van der Waals surface area contributed by atoms with E-state index in [9.17, 15) is 19.5 Å². The molecule has 1 unspecified atom stereocenters. The van der Waals surface area contributed by atoms with Crippen LogP contribution in [0.2, 0.25) is 5.02 Å². The number of likely N-dealkylation sites (N-methyl/N-ethyl adjacent to an activating group) is 1. The lowest BCUT2D eigenvalue weighted by atomic mass is 9.75. The van der Waals surface area contributed by atoms with Gasteiger partial charge in [0.2, 0.25) is 29.7 Å². The molecule has 2 atom stereocenters. The molecule has 11 nitrogen and oxygen atoms in total. The van der Waals surface area contributed by atoms with E-state index in [1.54, 1.807) is 49.5 Å². The normalized spacial score (nSPS) is 17.8. The van der Waals surface area contributed by atoms with Crippen LogP contribution in [0.15, 0.2) is 54.6 Å². The summed E-state index contributed by atoms with van der Waals surface area (Å²) in [5, 5.41) is 10.9. The maximum absolute atomic E-state index is 13.3. The molecule has 1 aromatic heterocycles. The molecule has 38 heavy (non-hydrogen) atoms. The number of aliphatic carboxylic acids is 1. The fourth-order valence-electron chi connectivity index (χ4n) is 4.61. The van der Waals surface area contributed by atoms with Gasteiger partial charge in [-0.2, -0.15) is 9.97 Å². The first-order valence-corrected chi connectivity index (χ1v) is 11.8. The average Bonchev–Trinajstić information content (AvgIpc) is 3.00. The fourth-order valence-corrected chi connectivity index (χ4v) is 4.79. The molecule has 0 bridgehead atoms. The highest BCUT2D eigenvalue weighted by Gasteiger charge is 2.57. The van der Waals surface area contributed by atoms with Crippen LogP contribution in [0.5, 0.6) is 17.8 Å². The predicted molar refractivity (Wildman–Crippen MR) is 137 cm³/mol. The molecule has 2 amide bonds. The minimum absolute atomic E-state index is 0.0624. The molecule has 1 aliphatic rings. The minimum Gasteiger partial charge on any atom is -0.481 e. The van der Waals surface area contributed by atoms with Gasteiger partial charge in [0.1, 0.15) is 12.1 Å². The van der Waals surface area contributed by atoms with Gasteiger partial charge in [-0.3, -0.25) is 9.59 Å². The van der Waals surface area contributed by atoms with E-state index in [0.717, 1.165) is 0 Å². The molecule has 0 saturated heterocycles. The van der Waals surface area contributed by atoms with Crippen LogP contribution in [-0.2, 0) is 19.9 Å². The summed E-state index contributed by atoms with van der Waals surface area (Å²) in [6.45, 7) is 0.812. The van der Waals surface area contributed by atoms with Crippen molar-refractivity contribution in [1.82, 2.24) is 14.9 Å². The van der Waals surface area contributed by atoms with Crippen LogP contribution >= 0.6 is 11.6 Å². The largest absolute Gasteiger partial charge is 0.481 e. The van der Waals surface area contributed by atoms with E-state index in [1.165, 1.54) is 43.1 Å². The van der Waals surface area contributed by atoms with Gasteiger partial charge in [0, 0.05) is 30.2 Å². The first kappa shape index (κ1) is 26.7. The summed E-state index contributed by atoms with van der Waals surface area (Å²) in [7, 11) is 4.28. The van der Waals surface area contributed by atoms with Crippen molar-refractivity contribution in [2.75, 3.05) is 32.7 Å². The number of fused-ring (bicyclic) bond motifs is 1. The summed E-state index contributed by atoms with van der Waals surface area (Å²) in [5.74, 6) is -2.33. The average molecular weight is 541 g/mol. The molecule has 0 aliphatic carbocycles. The highest BCUT2D eigenvalue weighted by molar-refractivity contribution is 6.30. The lowest BCUT2D eigenvalue weighted by molar-refractivity contribution is -0.158. The molecule has 1 aliphatic heterocycles. The number of carboxylic acids is 1. The second-order valence-corrected chi connectivity index (χ2v) is 8.86. The Morgan fingerprint density at radius 1 is 1.05 bits per heavy atom. The molecule has 3 aromatic rings. The molecule has 4 rings (SSSR count). The van der Waals surface area contributed by atoms with E-state index in [4.69, 9.17) is 25.8 Å². The zero-order chi connectivity index (χ0) is 27.6. The van der Waals surface area contributed by atoms with Crippen LogP contribution in [0.3, 0.4) is 0 Å². The number of carboxylic acid groups (broad SMARTS) is 1. The Hall–Kier alpha value is -4.38. The smallest absolute Gasteiger partial charge is 0.348 e. The number of benzene rings is 2. The van der Waals surface area contributed by atoms with Crippen LogP contribution in [-0.4, -0.2) is 71.7 Å². The lowest BCUT2D eigenvalue weighted by Gasteiger charge is -2.45. The second kappa shape index (κ2) is 10.5. The number of methoxy groups -OCH3 is 2. The Kier molecular flexibility index (Phi) is 7.40. The molecule has 0 radical (unpaired) electrons. The van der Waals surface area contributed by atoms with E-state index in [1.807, 2.05) is 0 Å². The molecule has 1 N–H and O–H groups in total. The van der Waals surface area contributed by atoms with Crippen LogP contribution in [0.25, 0.3) is 0 Å². The summed E-state index contributed by atoms with van der Waals surface area (Å²) in [6.07, 6.45) is -1.86. The number of carbonyl (C=O) groups is 3. The van der Waals surface area contributed by atoms with Gasteiger partial charge in [-0.25, -0.2) is 4.79 Å². The molecule has 12 heteroatoms. The summed E-state index contributed by atoms with van der Waals surface area (Å²) >= 11 is 6.43. The van der Waals surface area contributed by atoms with Gasteiger partial charge in [-0.05, 0) is 23.8 Å². The molecule has 2 aromatic carbocycles. The monoisotopic (exact) mass is 540 g/mol. The maximum atomic E-state index is 13.3. The second-order valence-electron chi connectivity index (χ2n) is 8.42. The molecule has 198 valence electrons. The number of hydrogen-bond acceptors (Lipinski definition) is 8. The van der Waals surface area contributed by atoms with Crippen molar-refractivity contribution in [3.63, 3.8) is 0 Å². The molecular weight excluding hydrogens is 516 g/mol. The van der Waals surface area contributed by atoms with E-state index >= 15 is 0 Å². The van der Waals surface area contributed by atoms with Crippen molar-refractivity contribution in [2.24, 2.45) is 0 Å². The van der Waals surface area contributed by atoms with Crippen molar-refractivity contribution in [2.45, 2.75) is 18.6 Å². The SMILES string of the molecule is COc1cc(OC)nc(OC(C(=O)O)[C@]2(c3ccccc3)c3cc(Cl)ccc3N(C)C(=O)CN2C(C)=O)n1. The number of amides is 2. The lowest BCUT2D eigenvalue weighted by Crippen LogP contribution is -2.61. The highest BCUT2D eigenvalue weighted by atomic mass is 35.5. The van der Waals surface area contributed by atoms with Crippen LogP contribution in [0, 0.1) is 0 Å². The minimum atomic E-state index is -1.89. The Bertz CT molecular complexity index is 1370. The van der Waals surface area contributed by atoms with E-state index in [2.05, 4.69) is 9.97 Å². The quantitative estimate of drug-likeness (QED) is 0.480. The van der Waals surface area contributed by atoms with E-state index in [-0.39, 0.29) is 28.4 Å². The number of ether oxygens (including phenoxy) is 3. The Balaban J connectivity index is 2.11. The first-order chi connectivity index (χ1) is 18.1. The third-order valence-corrected chi connectivity index (χ3v) is 6.56. The number of nitrogens with zero attached hydrogens (tertiary/aromatic N) is 4. The van der Waals surface area contributed by atoms with Crippen molar-refractivity contribution in [1.29, 1.82) is 0 Å². The van der Waals surface area contributed by atoms with Crippen molar-refractivity contribution in [3.05, 3.63) is 70.7 Å². The van der Waals surface area contributed by atoms with Crippen molar-refractivity contribution >= 4 is 35.1 Å². The number of carbonyl (C=O) groups excluding carboxylic acids is 2. The van der Waals surface area contributed by atoms with Crippen molar-refractivity contribution in [3.8, 4) is 17.8 Å². The Morgan fingerprint density at radius 2 is 1.68 bits per heavy atom. The number of halogens is 1. The van der Waals surface area contributed by atoms with E-state index in [0.29, 0.717) is 11.3 Å². The van der Waals surface area contributed by atoms with Gasteiger partial charge in [-0.1, -0.05) is 41.9 Å². The molecule has 0 saturated carbocycles. The van der Waals surface area contributed by atoms with Gasteiger partial charge in [0.25, 0.3) is 0 Å². The predicted octanol–water partition coefficient (Wildman–Crippen LogP) is 2.75. The summed E-state index contributed by atoms with van der Waals surface area (Å²) in [5.41, 5.74) is -0.906. The first-order valence-electron chi connectivity index (χ1n) is 11.4. The molecular formula is C26H25ClN4O7. The Labute approximate surface area is 223 Å². The van der Waals surface area contributed by atoms with Crippen LogP contribution < -0.4 is 19.1 Å². The van der Waals surface area contributed by atoms with Crippen LogP contribution in [0.4, 0.5) is 5.69 Å². The number of rotatable bonds is 7. The number of anilines is 1. The topological polar surface area (TPSA) is 131 Å². The number of aromatic nitrogens is 2. The number of hydrogen-bond donors (Lipinski definition) is 1. The maximum Gasteiger partial charge on any atom is 0.348 e. The zero-order valence-corrected chi connectivity index (χ0v) is 21.8. The van der Waals surface area contributed by atoms with Gasteiger partial charge in [0.15, 0.2) is 0 Å². The van der Waals surface area contributed by atoms with Gasteiger partial charge < -0.3 is 29.1 Å². The van der Waals surface area contributed by atoms with E-state index < -0.39 is 36.0 Å². The fraction of sp³-hybridized carbons (Fsp3) is 0.269. The van der Waals surface area contributed by atoms with Crippen LogP contribution in [0.1, 0.15) is 18.1 Å². The summed E-state index contributed by atoms with van der Waals surface area (Å²) < 4.78 is 16.4. The van der Waals surface area contributed by atoms with Gasteiger partial charge >= 0.3 is 12.0 Å². The summed E-state index contributed by atoms with van der Waals surface area (Å²) in [6, 6.07) is 14.2. The van der Waals surface area contributed by atoms with Gasteiger partial charge in [-0.15, -0.1) is 0 Å². The third kappa shape index (κ3) is 4.56. The van der Waals surface area contributed by atoms with Crippen molar-refractivity contribution < 1.29 is 33.7 Å². The zero-order valence-electron chi connectivity index (χ0n) is 21.0. The molecule has 0 fully saturated rings. The molecule has 0 spiro atoms. The Morgan fingerprint density at radius 3 is 2.24 bits per heavy atom. The third-order valence-electron chi connectivity index (χ3n) is 6.32.